The second-order valence-electron chi connectivity index (χ2n) is 7.39. The van der Waals surface area contributed by atoms with Crippen LogP contribution in [0.3, 0.4) is 0 Å². The van der Waals surface area contributed by atoms with E-state index in [0.717, 1.165) is 15.0 Å². The molecule has 10 nitrogen and oxygen atoms in total. The number of hydrazone groups is 1. The number of morpholine rings is 1. The number of hydrogen-bond acceptors (Lipinski definition) is 7. The molecule has 2 amide bonds. The van der Waals surface area contributed by atoms with Gasteiger partial charge in [-0.15, -0.1) is 0 Å². The Balaban J connectivity index is 1.49. The summed E-state index contributed by atoms with van der Waals surface area (Å²) in [4.78, 5) is 26.1. The molecule has 3 rings (SSSR count). The van der Waals surface area contributed by atoms with Crippen LogP contribution in [0, 0.1) is 0 Å². The van der Waals surface area contributed by atoms with Crippen LogP contribution in [0.5, 0.6) is 5.75 Å². The van der Waals surface area contributed by atoms with E-state index in [0.29, 0.717) is 43.3 Å². The van der Waals surface area contributed by atoms with E-state index in [2.05, 4.69) is 26.5 Å². The molecule has 2 aromatic carbocycles. The molecule has 1 fully saturated rings. The molecule has 182 valence electrons. The first kappa shape index (κ1) is 25.7. The average Bonchev–Trinajstić information content (AvgIpc) is 2.82. The van der Waals surface area contributed by atoms with Gasteiger partial charge in [0.05, 0.1) is 31.4 Å². The van der Waals surface area contributed by atoms with Crippen LogP contribution in [0.15, 0.2) is 58.1 Å². The lowest BCUT2D eigenvalue weighted by Gasteiger charge is -2.26. The van der Waals surface area contributed by atoms with E-state index in [4.69, 9.17) is 9.47 Å². The van der Waals surface area contributed by atoms with Gasteiger partial charge in [0, 0.05) is 17.6 Å². The molecule has 0 radical (unpaired) electrons. The number of halogens is 1. The summed E-state index contributed by atoms with van der Waals surface area (Å²) in [6.07, 6.45) is 2.45. The molecule has 0 saturated carbocycles. The van der Waals surface area contributed by atoms with Crippen LogP contribution in [-0.2, 0) is 24.3 Å². The number of ether oxygens (including phenoxy) is 2. The van der Waals surface area contributed by atoms with Crippen molar-refractivity contribution >= 4 is 49.7 Å². The molecule has 1 N–H and O–H groups in total. The van der Waals surface area contributed by atoms with Crippen molar-refractivity contribution in [2.24, 2.45) is 5.10 Å². The molecular formula is C22H25BrN4O6S. The summed E-state index contributed by atoms with van der Waals surface area (Å²) in [6, 6.07) is 13.4. The van der Waals surface area contributed by atoms with Crippen molar-refractivity contribution < 1.29 is 27.5 Å². The second-order valence-corrected chi connectivity index (χ2v) is 10.2. The van der Waals surface area contributed by atoms with Gasteiger partial charge in [0.2, 0.25) is 10.0 Å². The number of anilines is 1. The van der Waals surface area contributed by atoms with Gasteiger partial charge in [-0.2, -0.15) is 5.10 Å². The van der Waals surface area contributed by atoms with Crippen molar-refractivity contribution in [1.29, 1.82) is 0 Å². The van der Waals surface area contributed by atoms with Gasteiger partial charge >= 0.3 is 0 Å². The third-order valence-electron chi connectivity index (χ3n) is 4.81. The van der Waals surface area contributed by atoms with Crippen LogP contribution in [0.1, 0.15) is 5.56 Å². The van der Waals surface area contributed by atoms with Crippen molar-refractivity contribution in [2.45, 2.75) is 0 Å². The smallest absolute Gasteiger partial charge is 0.260 e. The largest absolute Gasteiger partial charge is 0.484 e. The zero-order valence-corrected chi connectivity index (χ0v) is 20.9. The fourth-order valence-electron chi connectivity index (χ4n) is 3.05. The maximum atomic E-state index is 12.3. The van der Waals surface area contributed by atoms with Crippen molar-refractivity contribution in [3.05, 3.63) is 58.6 Å². The van der Waals surface area contributed by atoms with Gasteiger partial charge in [0.25, 0.3) is 11.8 Å². The Kier molecular flexibility index (Phi) is 9.02. The van der Waals surface area contributed by atoms with Crippen LogP contribution < -0.4 is 14.5 Å². The van der Waals surface area contributed by atoms with E-state index in [1.54, 1.807) is 53.4 Å². The Morgan fingerprint density at radius 2 is 1.79 bits per heavy atom. The summed E-state index contributed by atoms with van der Waals surface area (Å²) < 4.78 is 36.8. The Labute approximate surface area is 206 Å². The molecule has 0 bridgehead atoms. The number of benzene rings is 2. The lowest BCUT2D eigenvalue weighted by molar-refractivity contribution is -0.137. The third-order valence-corrected chi connectivity index (χ3v) is 6.48. The van der Waals surface area contributed by atoms with Crippen LogP contribution in [-0.4, -0.2) is 77.1 Å². The minimum absolute atomic E-state index is 0.0568. The highest BCUT2D eigenvalue weighted by atomic mass is 79.9. The molecule has 1 saturated heterocycles. The Morgan fingerprint density at radius 1 is 1.15 bits per heavy atom. The van der Waals surface area contributed by atoms with Crippen molar-refractivity contribution in [1.82, 2.24) is 10.3 Å². The second kappa shape index (κ2) is 12.0. The van der Waals surface area contributed by atoms with Crippen LogP contribution in [0.2, 0.25) is 0 Å². The molecular weight excluding hydrogens is 528 g/mol. The van der Waals surface area contributed by atoms with Gasteiger partial charge in [0.15, 0.2) is 6.61 Å². The normalized spacial score (nSPS) is 14.1. The van der Waals surface area contributed by atoms with Gasteiger partial charge in [-0.25, -0.2) is 13.8 Å². The molecule has 1 aliphatic heterocycles. The predicted molar refractivity (Wildman–Crippen MR) is 131 cm³/mol. The van der Waals surface area contributed by atoms with Gasteiger partial charge in [-0.1, -0.05) is 15.9 Å². The van der Waals surface area contributed by atoms with E-state index < -0.39 is 22.5 Å². The number of sulfonamides is 1. The Morgan fingerprint density at radius 3 is 2.41 bits per heavy atom. The highest BCUT2D eigenvalue weighted by Gasteiger charge is 2.20. The van der Waals surface area contributed by atoms with E-state index in [1.807, 2.05) is 0 Å². The molecule has 12 heteroatoms. The summed E-state index contributed by atoms with van der Waals surface area (Å²) >= 11 is 3.29. The first-order chi connectivity index (χ1) is 16.2. The summed E-state index contributed by atoms with van der Waals surface area (Å²) in [5, 5.41) is 3.88. The monoisotopic (exact) mass is 552 g/mol. The maximum absolute atomic E-state index is 12.3. The van der Waals surface area contributed by atoms with Gasteiger partial charge in [0.1, 0.15) is 12.3 Å². The minimum Gasteiger partial charge on any atom is -0.484 e. The SMILES string of the molecule is CS(=O)(=O)N(CC(=O)N/N=C\c1ccc(OCC(=O)N2CCOCC2)cc1)c1ccc(Br)cc1. The van der Waals surface area contributed by atoms with Crippen molar-refractivity contribution in [3.63, 3.8) is 0 Å². The highest BCUT2D eigenvalue weighted by Crippen LogP contribution is 2.20. The van der Waals surface area contributed by atoms with Gasteiger partial charge in [-0.05, 0) is 54.1 Å². The standard InChI is InChI=1S/C22H25BrN4O6S/c1-34(30,31)27(19-6-4-18(23)5-7-19)15-21(28)25-24-14-17-2-8-20(9-3-17)33-16-22(29)26-10-12-32-13-11-26/h2-9,14H,10-13,15-16H2,1H3,(H,25,28)/b24-14-. The predicted octanol–water partition coefficient (Wildman–Crippen LogP) is 1.60. The highest BCUT2D eigenvalue weighted by molar-refractivity contribution is 9.10. The van der Waals surface area contributed by atoms with E-state index in [1.165, 1.54) is 6.21 Å². The number of carbonyl (C=O) groups is 2. The molecule has 2 aromatic rings. The summed E-state index contributed by atoms with van der Waals surface area (Å²) in [5.41, 5.74) is 3.38. The summed E-state index contributed by atoms with van der Waals surface area (Å²) in [7, 11) is -3.67. The number of hydrogen-bond donors (Lipinski definition) is 1. The zero-order chi connectivity index (χ0) is 24.6. The topological polar surface area (TPSA) is 118 Å². The van der Waals surface area contributed by atoms with Crippen molar-refractivity contribution in [2.75, 3.05) is 50.0 Å². The summed E-state index contributed by atoms with van der Waals surface area (Å²) in [5.74, 6) is -0.157. The van der Waals surface area contributed by atoms with E-state index >= 15 is 0 Å². The fraction of sp³-hybridized carbons (Fsp3) is 0.318. The van der Waals surface area contributed by atoms with Crippen LogP contribution >= 0.6 is 15.9 Å². The number of rotatable bonds is 9. The molecule has 1 aliphatic rings. The van der Waals surface area contributed by atoms with E-state index in [9.17, 15) is 18.0 Å². The average molecular weight is 553 g/mol. The number of nitrogens with zero attached hydrogens (tertiary/aromatic N) is 3. The minimum atomic E-state index is -3.67. The van der Waals surface area contributed by atoms with Crippen molar-refractivity contribution in [3.8, 4) is 5.75 Å². The van der Waals surface area contributed by atoms with Crippen LogP contribution in [0.4, 0.5) is 5.69 Å². The molecule has 0 unspecified atom stereocenters. The summed E-state index contributed by atoms with van der Waals surface area (Å²) in [6.45, 7) is 1.73. The molecule has 1 heterocycles. The van der Waals surface area contributed by atoms with Crippen LogP contribution in [0.25, 0.3) is 0 Å². The molecule has 0 aliphatic carbocycles. The van der Waals surface area contributed by atoms with E-state index in [-0.39, 0.29) is 12.5 Å². The first-order valence-electron chi connectivity index (χ1n) is 10.4. The molecule has 0 aromatic heterocycles. The molecule has 34 heavy (non-hydrogen) atoms. The lowest BCUT2D eigenvalue weighted by Crippen LogP contribution is -2.42. The number of amides is 2. The van der Waals surface area contributed by atoms with Gasteiger partial charge < -0.3 is 14.4 Å². The molecule has 0 spiro atoms. The Bertz CT molecular complexity index is 1120. The third kappa shape index (κ3) is 7.82. The van der Waals surface area contributed by atoms with Gasteiger partial charge in [-0.3, -0.25) is 13.9 Å². The number of nitrogens with one attached hydrogen (secondary N) is 1. The zero-order valence-electron chi connectivity index (χ0n) is 18.5. The Hall–Kier alpha value is -2.96. The molecule has 0 atom stereocenters. The lowest BCUT2D eigenvalue weighted by atomic mass is 10.2. The number of carbonyl (C=O) groups excluding carboxylic acids is 2. The first-order valence-corrected chi connectivity index (χ1v) is 13.0. The fourth-order valence-corrected chi connectivity index (χ4v) is 4.17. The quantitative estimate of drug-likeness (QED) is 0.373. The maximum Gasteiger partial charge on any atom is 0.260 e.